The molecule has 2 aromatic carbocycles. The summed E-state index contributed by atoms with van der Waals surface area (Å²) in [5.41, 5.74) is 7.21. The van der Waals surface area contributed by atoms with E-state index in [9.17, 15) is 4.79 Å². The lowest BCUT2D eigenvalue weighted by Gasteiger charge is -2.21. The average molecular weight is 361 g/mol. The SMILES string of the molecule is [B]Cc1cc(C(CC(=O)OCC)c2ccc3c(nnn3C)c2C)ccc1C. The van der Waals surface area contributed by atoms with Crippen LogP contribution in [0.25, 0.3) is 11.0 Å². The van der Waals surface area contributed by atoms with E-state index in [4.69, 9.17) is 12.6 Å². The number of rotatable bonds is 6. The van der Waals surface area contributed by atoms with Crippen LogP contribution in [0.3, 0.4) is 0 Å². The number of carbonyl (C=O) groups excluding carboxylic acids is 1. The summed E-state index contributed by atoms with van der Waals surface area (Å²) in [5.74, 6) is -0.336. The van der Waals surface area contributed by atoms with Crippen molar-refractivity contribution < 1.29 is 9.53 Å². The zero-order chi connectivity index (χ0) is 19.6. The quantitative estimate of drug-likeness (QED) is 0.499. The van der Waals surface area contributed by atoms with Gasteiger partial charge >= 0.3 is 5.97 Å². The van der Waals surface area contributed by atoms with Gasteiger partial charge in [0.25, 0.3) is 0 Å². The molecule has 3 aromatic rings. The van der Waals surface area contributed by atoms with Crippen molar-refractivity contribution in [1.29, 1.82) is 0 Å². The molecule has 0 saturated carbocycles. The monoisotopic (exact) mass is 361 g/mol. The largest absolute Gasteiger partial charge is 0.466 e. The predicted octanol–water partition coefficient (Wildman–Crippen LogP) is 3.34. The molecule has 2 radical (unpaired) electrons. The summed E-state index contributed by atoms with van der Waals surface area (Å²) in [6.07, 6.45) is 0.738. The highest BCUT2D eigenvalue weighted by Crippen LogP contribution is 2.34. The van der Waals surface area contributed by atoms with E-state index >= 15 is 0 Å². The molecule has 0 amide bonds. The summed E-state index contributed by atoms with van der Waals surface area (Å²) in [4.78, 5) is 12.3. The average Bonchev–Trinajstić information content (AvgIpc) is 3.03. The molecule has 0 N–H and O–H groups in total. The van der Waals surface area contributed by atoms with Crippen LogP contribution >= 0.6 is 0 Å². The van der Waals surface area contributed by atoms with Crippen LogP contribution in [0.1, 0.15) is 47.1 Å². The maximum absolute atomic E-state index is 12.3. The van der Waals surface area contributed by atoms with E-state index in [1.165, 1.54) is 0 Å². The molecular weight excluding hydrogens is 337 g/mol. The Bertz CT molecular complexity index is 981. The second-order valence-electron chi connectivity index (χ2n) is 6.81. The number of benzene rings is 2. The summed E-state index contributed by atoms with van der Waals surface area (Å²) in [7, 11) is 7.77. The van der Waals surface area contributed by atoms with Crippen LogP contribution in [0.15, 0.2) is 30.3 Å². The smallest absolute Gasteiger partial charge is 0.306 e. The van der Waals surface area contributed by atoms with Gasteiger partial charge in [0, 0.05) is 13.0 Å². The first kappa shape index (κ1) is 19.1. The van der Waals surface area contributed by atoms with Gasteiger partial charge < -0.3 is 4.74 Å². The van der Waals surface area contributed by atoms with Crippen LogP contribution in [0.5, 0.6) is 0 Å². The van der Waals surface area contributed by atoms with E-state index < -0.39 is 0 Å². The van der Waals surface area contributed by atoms with E-state index in [1.807, 2.05) is 33.9 Å². The highest BCUT2D eigenvalue weighted by molar-refractivity contribution is 6.08. The number of nitrogens with zero attached hydrogens (tertiary/aromatic N) is 3. The van der Waals surface area contributed by atoms with Crippen LogP contribution in [0.4, 0.5) is 0 Å². The molecule has 1 heterocycles. The maximum Gasteiger partial charge on any atom is 0.306 e. The van der Waals surface area contributed by atoms with Gasteiger partial charge in [0.1, 0.15) is 5.52 Å². The van der Waals surface area contributed by atoms with Crippen molar-refractivity contribution in [2.45, 2.75) is 39.4 Å². The van der Waals surface area contributed by atoms with Crippen molar-refractivity contribution in [1.82, 2.24) is 15.0 Å². The predicted molar refractivity (Wildman–Crippen MR) is 107 cm³/mol. The Morgan fingerprint density at radius 1 is 1.26 bits per heavy atom. The van der Waals surface area contributed by atoms with E-state index in [2.05, 4.69) is 34.6 Å². The molecule has 1 unspecified atom stereocenters. The molecule has 6 heteroatoms. The minimum atomic E-state index is -0.212. The number of fused-ring (bicyclic) bond motifs is 1. The lowest BCUT2D eigenvalue weighted by molar-refractivity contribution is -0.143. The molecule has 0 saturated heterocycles. The first-order valence-electron chi connectivity index (χ1n) is 9.20. The number of ether oxygens (including phenoxy) is 1. The topological polar surface area (TPSA) is 57.0 Å². The fourth-order valence-corrected chi connectivity index (χ4v) is 3.55. The summed E-state index contributed by atoms with van der Waals surface area (Å²) < 4.78 is 6.99. The van der Waals surface area contributed by atoms with Crippen LogP contribution in [0.2, 0.25) is 0 Å². The summed E-state index contributed by atoms with van der Waals surface area (Å²) in [5, 5.41) is 8.41. The normalized spacial score (nSPS) is 12.3. The third kappa shape index (κ3) is 3.75. The standard InChI is InChI=1S/C21H24BN3O2/c1-5-27-20(26)11-18(15-7-6-13(2)16(10-15)12-22)17-8-9-19-21(14(17)3)23-24-25(19)4/h6-10,18H,5,11-12H2,1-4H3. The summed E-state index contributed by atoms with van der Waals surface area (Å²) in [6, 6.07) is 10.3. The summed E-state index contributed by atoms with van der Waals surface area (Å²) >= 11 is 0. The lowest BCUT2D eigenvalue weighted by atomic mass is 9.83. The van der Waals surface area contributed by atoms with Crippen LogP contribution in [-0.2, 0) is 22.9 Å². The van der Waals surface area contributed by atoms with Gasteiger partial charge in [-0.25, -0.2) is 4.68 Å². The number of aryl methyl sites for hydroxylation is 3. The fourth-order valence-electron chi connectivity index (χ4n) is 3.55. The molecule has 5 nitrogen and oxygen atoms in total. The Hall–Kier alpha value is -2.63. The van der Waals surface area contributed by atoms with E-state index in [1.54, 1.807) is 4.68 Å². The van der Waals surface area contributed by atoms with Gasteiger partial charge in [0.2, 0.25) is 0 Å². The summed E-state index contributed by atoms with van der Waals surface area (Å²) in [6.45, 7) is 6.27. The first-order valence-corrected chi connectivity index (χ1v) is 9.20. The molecule has 1 aromatic heterocycles. The minimum Gasteiger partial charge on any atom is -0.466 e. The zero-order valence-electron chi connectivity index (χ0n) is 16.3. The van der Waals surface area contributed by atoms with Gasteiger partial charge in [-0.2, -0.15) is 0 Å². The van der Waals surface area contributed by atoms with Crippen LogP contribution < -0.4 is 0 Å². The Morgan fingerprint density at radius 3 is 2.74 bits per heavy atom. The molecular formula is C21H24BN3O2. The minimum absolute atomic E-state index is 0.124. The fraction of sp³-hybridized carbons (Fsp3) is 0.381. The molecule has 0 aliphatic heterocycles. The van der Waals surface area contributed by atoms with Crippen molar-refractivity contribution in [2.24, 2.45) is 7.05 Å². The Balaban J connectivity index is 2.12. The van der Waals surface area contributed by atoms with Crippen LogP contribution in [-0.4, -0.2) is 35.4 Å². The van der Waals surface area contributed by atoms with Gasteiger partial charge in [-0.05, 0) is 49.1 Å². The third-order valence-corrected chi connectivity index (χ3v) is 5.13. The molecule has 0 fully saturated rings. The lowest BCUT2D eigenvalue weighted by Crippen LogP contribution is -2.13. The van der Waals surface area contributed by atoms with Crippen LogP contribution in [0, 0.1) is 13.8 Å². The number of esters is 1. The van der Waals surface area contributed by atoms with Gasteiger partial charge in [-0.3, -0.25) is 4.79 Å². The second kappa shape index (κ2) is 7.95. The highest BCUT2D eigenvalue weighted by Gasteiger charge is 2.23. The molecule has 0 spiro atoms. The van der Waals surface area contributed by atoms with Gasteiger partial charge in [-0.1, -0.05) is 41.4 Å². The number of aromatic nitrogens is 3. The second-order valence-corrected chi connectivity index (χ2v) is 6.81. The van der Waals surface area contributed by atoms with Crippen molar-refractivity contribution in [3.05, 3.63) is 58.1 Å². The van der Waals surface area contributed by atoms with Crippen molar-refractivity contribution in [2.75, 3.05) is 6.61 Å². The van der Waals surface area contributed by atoms with Crippen molar-refractivity contribution in [3.8, 4) is 0 Å². The van der Waals surface area contributed by atoms with E-state index in [-0.39, 0.29) is 18.3 Å². The molecule has 0 bridgehead atoms. The van der Waals surface area contributed by atoms with Gasteiger partial charge in [0.15, 0.2) is 0 Å². The van der Waals surface area contributed by atoms with Gasteiger partial charge in [0.05, 0.1) is 26.4 Å². The maximum atomic E-state index is 12.3. The Labute approximate surface area is 161 Å². The van der Waals surface area contributed by atoms with Gasteiger partial charge in [-0.15, -0.1) is 5.10 Å². The zero-order valence-corrected chi connectivity index (χ0v) is 16.3. The number of hydrogen-bond acceptors (Lipinski definition) is 4. The molecule has 0 aliphatic rings. The number of carbonyl (C=O) groups is 1. The van der Waals surface area contributed by atoms with Crippen molar-refractivity contribution >= 4 is 24.8 Å². The molecule has 3 rings (SSSR count). The Kier molecular flexibility index (Phi) is 5.63. The molecule has 138 valence electrons. The molecule has 27 heavy (non-hydrogen) atoms. The number of hydrogen-bond donors (Lipinski definition) is 0. The molecule has 1 atom stereocenters. The van der Waals surface area contributed by atoms with Crippen molar-refractivity contribution in [3.63, 3.8) is 0 Å². The molecule has 0 aliphatic carbocycles. The van der Waals surface area contributed by atoms with E-state index in [0.29, 0.717) is 12.9 Å². The van der Waals surface area contributed by atoms with E-state index in [0.717, 1.165) is 38.9 Å². The third-order valence-electron chi connectivity index (χ3n) is 5.13. The Morgan fingerprint density at radius 2 is 2.04 bits per heavy atom. The first-order chi connectivity index (χ1) is 13.0. The highest BCUT2D eigenvalue weighted by atomic mass is 16.5.